The average Bonchev–Trinajstić information content (AvgIpc) is 2.87. The molecule has 3 N–H and O–H groups in total. The highest BCUT2D eigenvalue weighted by Gasteiger charge is 2.15. The standard InChI is InChI=1S/C12H16BrN3O3/c13-8-4-10(12(18)15-5-8)16-11(17)7-14-6-9-2-1-3-19-9/h4-5,9,14H,1-3,6-7H2,(H,15,18)(H,16,17). The van der Waals surface area contributed by atoms with Crippen LogP contribution in [-0.2, 0) is 9.53 Å². The molecule has 0 spiro atoms. The lowest BCUT2D eigenvalue weighted by atomic mass is 10.2. The fourth-order valence-corrected chi connectivity index (χ4v) is 2.24. The zero-order valence-electron chi connectivity index (χ0n) is 10.4. The summed E-state index contributed by atoms with van der Waals surface area (Å²) in [5.41, 5.74) is -0.0889. The molecule has 7 heteroatoms. The molecule has 1 aliphatic rings. The number of pyridine rings is 1. The molecule has 1 aromatic rings. The van der Waals surface area contributed by atoms with E-state index in [1.807, 2.05) is 0 Å². The number of carbonyl (C=O) groups is 1. The van der Waals surface area contributed by atoms with Crippen LogP contribution in [0.5, 0.6) is 0 Å². The SMILES string of the molecule is O=C(CNCC1CCCO1)Nc1cc(Br)c[nH]c1=O. The van der Waals surface area contributed by atoms with Crippen molar-refractivity contribution < 1.29 is 9.53 Å². The first-order chi connectivity index (χ1) is 9.15. The van der Waals surface area contributed by atoms with Crippen molar-refractivity contribution in [2.24, 2.45) is 0 Å². The topological polar surface area (TPSA) is 83.2 Å². The van der Waals surface area contributed by atoms with Gasteiger partial charge >= 0.3 is 0 Å². The highest BCUT2D eigenvalue weighted by molar-refractivity contribution is 9.10. The Morgan fingerprint density at radius 3 is 3.16 bits per heavy atom. The van der Waals surface area contributed by atoms with Gasteiger partial charge in [-0.15, -0.1) is 0 Å². The van der Waals surface area contributed by atoms with Gasteiger partial charge in [0.2, 0.25) is 5.91 Å². The molecule has 1 aromatic heterocycles. The first kappa shape index (κ1) is 14.2. The summed E-state index contributed by atoms with van der Waals surface area (Å²) >= 11 is 3.23. The third kappa shape index (κ3) is 4.45. The van der Waals surface area contributed by atoms with Crippen LogP contribution in [0, 0.1) is 0 Å². The van der Waals surface area contributed by atoms with Crippen molar-refractivity contribution in [2.75, 3.05) is 25.0 Å². The maximum atomic E-state index is 11.7. The van der Waals surface area contributed by atoms with Gasteiger partial charge in [0.05, 0.1) is 12.6 Å². The van der Waals surface area contributed by atoms with E-state index in [2.05, 4.69) is 31.5 Å². The minimum absolute atomic E-state index is 0.159. The average molecular weight is 330 g/mol. The second kappa shape index (κ2) is 6.83. The number of aromatic amines is 1. The van der Waals surface area contributed by atoms with E-state index in [-0.39, 0.29) is 29.8 Å². The summed E-state index contributed by atoms with van der Waals surface area (Å²) in [6.07, 6.45) is 3.82. The van der Waals surface area contributed by atoms with Crippen molar-refractivity contribution >= 4 is 27.5 Å². The van der Waals surface area contributed by atoms with Crippen molar-refractivity contribution in [2.45, 2.75) is 18.9 Å². The van der Waals surface area contributed by atoms with E-state index in [4.69, 9.17) is 4.74 Å². The molecule has 0 aliphatic carbocycles. The van der Waals surface area contributed by atoms with Crippen LogP contribution in [0.3, 0.4) is 0 Å². The number of nitrogens with one attached hydrogen (secondary N) is 3. The molecule has 2 rings (SSSR count). The lowest BCUT2D eigenvalue weighted by molar-refractivity contribution is -0.115. The molecule has 0 aromatic carbocycles. The third-order valence-electron chi connectivity index (χ3n) is 2.82. The van der Waals surface area contributed by atoms with Crippen LogP contribution in [0.4, 0.5) is 5.69 Å². The first-order valence-corrected chi connectivity index (χ1v) is 6.95. The summed E-state index contributed by atoms with van der Waals surface area (Å²) in [5.74, 6) is -0.249. The number of carbonyl (C=O) groups excluding carboxylic acids is 1. The number of hydrogen-bond donors (Lipinski definition) is 3. The van der Waals surface area contributed by atoms with E-state index >= 15 is 0 Å². The first-order valence-electron chi connectivity index (χ1n) is 6.15. The largest absolute Gasteiger partial charge is 0.377 e. The van der Waals surface area contributed by atoms with Crippen molar-refractivity contribution in [1.82, 2.24) is 10.3 Å². The monoisotopic (exact) mass is 329 g/mol. The van der Waals surface area contributed by atoms with Crippen LogP contribution in [0.25, 0.3) is 0 Å². The Labute approximate surface area is 119 Å². The number of halogens is 1. The highest BCUT2D eigenvalue weighted by atomic mass is 79.9. The van der Waals surface area contributed by atoms with Crippen LogP contribution in [0.2, 0.25) is 0 Å². The fraction of sp³-hybridized carbons (Fsp3) is 0.500. The number of rotatable bonds is 5. The van der Waals surface area contributed by atoms with E-state index in [1.54, 1.807) is 6.07 Å². The molecule has 2 heterocycles. The minimum atomic E-state index is -0.323. The van der Waals surface area contributed by atoms with Gasteiger partial charge in [0.15, 0.2) is 0 Å². The van der Waals surface area contributed by atoms with Crippen molar-refractivity contribution in [3.63, 3.8) is 0 Å². The van der Waals surface area contributed by atoms with E-state index in [0.29, 0.717) is 11.0 Å². The van der Waals surface area contributed by atoms with Crippen LogP contribution in [0.1, 0.15) is 12.8 Å². The van der Waals surface area contributed by atoms with Gasteiger partial charge in [-0.1, -0.05) is 0 Å². The van der Waals surface area contributed by atoms with Crippen molar-refractivity contribution in [1.29, 1.82) is 0 Å². The Hall–Kier alpha value is -1.18. The summed E-state index contributed by atoms with van der Waals surface area (Å²) in [6, 6.07) is 1.57. The molecule has 19 heavy (non-hydrogen) atoms. The number of hydrogen-bond acceptors (Lipinski definition) is 4. The summed E-state index contributed by atoms with van der Waals surface area (Å²) in [7, 11) is 0. The molecule has 104 valence electrons. The van der Waals surface area contributed by atoms with Crippen molar-refractivity contribution in [3.05, 3.63) is 27.1 Å². The lowest BCUT2D eigenvalue weighted by Crippen LogP contribution is -2.34. The molecule has 1 atom stereocenters. The summed E-state index contributed by atoms with van der Waals surface area (Å²) in [5, 5.41) is 5.58. The second-order valence-electron chi connectivity index (χ2n) is 4.37. The number of ether oxygens (including phenoxy) is 1. The molecule has 1 saturated heterocycles. The molecule has 0 bridgehead atoms. The lowest BCUT2D eigenvalue weighted by Gasteiger charge is -2.10. The van der Waals surface area contributed by atoms with Crippen LogP contribution in [0.15, 0.2) is 21.5 Å². The maximum absolute atomic E-state index is 11.7. The van der Waals surface area contributed by atoms with Gasteiger partial charge in [-0.05, 0) is 34.8 Å². The molecule has 1 unspecified atom stereocenters. The zero-order valence-corrected chi connectivity index (χ0v) is 12.0. The summed E-state index contributed by atoms with van der Waals surface area (Å²) in [4.78, 5) is 25.6. The molecular weight excluding hydrogens is 314 g/mol. The van der Waals surface area contributed by atoms with Crippen LogP contribution < -0.4 is 16.2 Å². The normalized spacial score (nSPS) is 18.5. The number of aromatic nitrogens is 1. The molecule has 0 radical (unpaired) electrons. The van der Waals surface area contributed by atoms with Crippen LogP contribution in [-0.4, -0.2) is 36.7 Å². The van der Waals surface area contributed by atoms with E-state index in [1.165, 1.54) is 6.20 Å². The third-order valence-corrected chi connectivity index (χ3v) is 3.28. The zero-order chi connectivity index (χ0) is 13.7. The van der Waals surface area contributed by atoms with Gasteiger partial charge in [-0.3, -0.25) is 9.59 Å². The molecule has 1 aliphatic heterocycles. The molecule has 0 saturated carbocycles. The predicted octanol–water partition coefficient (Wildman–Crippen LogP) is 0.844. The predicted molar refractivity (Wildman–Crippen MR) is 75.2 cm³/mol. The van der Waals surface area contributed by atoms with E-state index < -0.39 is 0 Å². The molecule has 1 fully saturated rings. The van der Waals surface area contributed by atoms with Gasteiger partial charge in [-0.25, -0.2) is 0 Å². The minimum Gasteiger partial charge on any atom is -0.377 e. The Bertz CT molecular complexity index is 497. The molecule has 6 nitrogen and oxygen atoms in total. The van der Waals surface area contributed by atoms with Gasteiger partial charge in [0.1, 0.15) is 5.69 Å². The number of anilines is 1. The number of H-pyrrole nitrogens is 1. The Kier molecular flexibility index (Phi) is 5.12. The smallest absolute Gasteiger partial charge is 0.271 e. The summed E-state index contributed by atoms with van der Waals surface area (Å²) < 4.78 is 6.14. The number of amides is 1. The van der Waals surface area contributed by atoms with E-state index in [9.17, 15) is 9.59 Å². The fourth-order valence-electron chi connectivity index (χ4n) is 1.90. The summed E-state index contributed by atoms with van der Waals surface area (Å²) in [6.45, 7) is 1.61. The van der Waals surface area contributed by atoms with Gasteiger partial charge in [0.25, 0.3) is 5.56 Å². The molecule has 1 amide bonds. The molecular formula is C12H16BrN3O3. The Morgan fingerprint density at radius 2 is 2.42 bits per heavy atom. The quantitative estimate of drug-likeness (QED) is 0.747. The van der Waals surface area contributed by atoms with Gasteiger partial charge in [-0.2, -0.15) is 0 Å². The Balaban J connectivity index is 1.77. The second-order valence-corrected chi connectivity index (χ2v) is 5.29. The highest BCUT2D eigenvalue weighted by Crippen LogP contribution is 2.11. The van der Waals surface area contributed by atoms with Gasteiger partial charge in [0, 0.05) is 23.8 Å². The van der Waals surface area contributed by atoms with E-state index in [0.717, 1.165) is 19.4 Å². The van der Waals surface area contributed by atoms with Gasteiger partial charge < -0.3 is 20.4 Å². The van der Waals surface area contributed by atoms with Crippen LogP contribution >= 0.6 is 15.9 Å². The Morgan fingerprint density at radius 1 is 1.58 bits per heavy atom. The van der Waals surface area contributed by atoms with Crippen molar-refractivity contribution in [3.8, 4) is 0 Å². The maximum Gasteiger partial charge on any atom is 0.271 e.